The number of hydrogen-bond donors (Lipinski definition) is 0. The fraction of sp³-hybridized carbons (Fsp3) is 0.500. The Hall–Kier alpha value is -1.75. The van der Waals surface area contributed by atoms with Gasteiger partial charge in [-0.15, -0.1) is 0 Å². The maximum absolute atomic E-state index is 9.40. The first kappa shape index (κ1) is 14.7. The normalized spacial score (nSPS) is 12.7. The van der Waals surface area contributed by atoms with Crippen molar-refractivity contribution in [3.8, 4) is 6.07 Å². The van der Waals surface area contributed by atoms with Gasteiger partial charge in [-0.2, -0.15) is 5.26 Å². The van der Waals surface area contributed by atoms with Crippen LogP contribution in [0.4, 0.5) is 0 Å². The molecule has 0 aliphatic rings. The zero-order valence-electron chi connectivity index (χ0n) is 13.5. The molecule has 0 saturated carbocycles. The number of nitriles is 1. The predicted octanol–water partition coefficient (Wildman–Crippen LogP) is 5.21. The van der Waals surface area contributed by atoms with E-state index in [1.165, 1.54) is 11.1 Å². The highest BCUT2D eigenvalue weighted by atomic mass is 16.3. The van der Waals surface area contributed by atoms with Crippen molar-refractivity contribution >= 4 is 11.0 Å². The SMILES string of the molecule is Cc1cc(C(C)(C)C)c2oc(C#N)c(C(C)(C)C)c2c1. The standard InChI is InChI=1S/C18H23NO/c1-11-8-12-15(18(5,6)7)14(10-19)20-16(12)13(9-11)17(2,3)4/h8-9H,1-7H3. The minimum atomic E-state index is -0.112. The fourth-order valence-corrected chi connectivity index (χ4v) is 2.72. The van der Waals surface area contributed by atoms with E-state index in [2.05, 4.69) is 66.7 Å². The predicted molar refractivity (Wildman–Crippen MR) is 83.1 cm³/mol. The van der Waals surface area contributed by atoms with E-state index in [0.29, 0.717) is 5.76 Å². The molecule has 0 saturated heterocycles. The van der Waals surface area contributed by atoms with Crippen LogP contribution in [0.3, 0.4) is 0 Å². The molecule has 0 atom stereocenters. The van der Waals surface area contributed by atoms with Gasteiger partial charge in [0.1, 0.15) is 11.7 Å². The average molecular weight is 269 g/mol. The lowest BCUT2D eigenvalue weighted by Crippen LogP contribution is -2.13. The third-order valence-electron chi connectivity index (χ3n) is 3.59. The first-order valence-corrected chi connectivity index (χ1v) is 7.04. The minimum Gasteiger partial charge on any atom is -0.445 e. The first-order chi connectivity index (χ1) is 9.05. The summed E-state index contributed by atoms with van der Waals surface area (Å²) >= 11 is 0. The van der Waals surface area contributed by atoms with Gasteiger partial charge in [0.05, 0.1) is 0 Å². The molecular weight excluding hydrogens is 246 g/mol. The Morgan fingerprint density at radius 3 is 2.05 bits per heavy atom. The lowest BCUT2D eigenvalue weighted by atomic mass is 9.81. The molecular formula is C18H23NO. The van der Waals surface area contributed by atoms with Crippen molar-refractivity contribution < 1.29 is 4.42 Å². The molecule has 1 aromatic heterocycles. The number of aryl methyl sites for hydroxylation is 1. The summed E-state index contributed by atoms with van der Waals surface area (Å²) in [5.74, 6) is 0.448. The van der Waals surface area contributed by atoms with E-state index in [0.717, 1.165) is 16.5 Å². The van der Waals surface area contributed by atoms with Crippen LogP contribution in [-0.2, 0) is 10.8 Å². The van der Waals surface area contributed by atoms with Gasteiger partial charge in [0.25, 0.3) is 0 Å². The molecule has 0 unspecified atom stereocenters. The second-order valence-corrected chi connectivity index (χ2v) is 7.61. The van der Waals surface area contributed by atoms with Crippen molar-refractivity contribution in [3.05, 3.63) is 34.6 Å². The van der Waals surface area contributed by atoms with Crippen LogP contribution < -0.4 is 0 Å². The van der Waals surface area contributed by atoms with Crippen molar-refractivity contribution in [2.45, 2.75) is 59.3 Å². The summed E-state index contributed by atoms with van der Waals surface area (Å²) in [6.45, 7) is 15.0. The van der Waals surface area contributed by atoms with Crippen molar-refractivity contribution in [1.29, 1.82) is 5.26 Å². The summed E-state index contributed by atoms with van der Waals surface area (Å²) in [6.07, 6.45) is 0. The molecule has 2 rings (SSSR count). The van der Waals surface area contributed by atoms with Crippen LogP contribution in [0.2, 0.25) is 0 Å². The number of furan rings is 1. The van der Waals surface area contributed by atoms with Gasteiger partial charge in [0.15, 0.2) is 0 Å². The highest BCUT2D eigenvalue weighted by Gasteiger charge is 2.29. The maximum Gasteiger partial charge on any atom is 0.208 e. The summed E-state index contributed by atoms with van der Waals surface area (Å²) in [7, 11) is 0. The Morgan fingerprint density at radius 1 is 1.00 bits per heavy atom. The molecule has 0 bridgehead atoms. The van der Waals surface area contributed by atoms with Gasteiger partial charge >= 0.3 is 0 Å². The molecule has 2 nitrogen and oxygen atoms in total. The Balaban J connectivity index is 2.97. The van der Waals surface area contributed by atoms with Gasteiger partial charge < -0.3 is 4.42 Å². The van der Waals surface area contributed by atoms with Crippen molar-refractivity contribution in [2.75, 3.05) is 0 Å². The van der Waals surface area contributed by atoms with E-state index in [9.17, 15) is 5.26 Å². The van der Waals surface area contributed by atoms with Crippen LogP contribution in [0.15, 0.2) is 16.5 Å². The van der Waals surface area contributed by atoms with Crippen LogP contribution in [0.1, 0.15) is 64.0 Å². The summed E-state index contributed by atoms with van der Waals surface area (Å²) in [4.78, 5) is 0. The Labute approximate surface area is 121 Å². The molecule has 0 fully saturated rings. The second kappa shape index (κ2) is 4.38. The third-order valence-corrected chi connectivity index (χ3v) is 3.59. The monoisotopic (exact) mass is 269 g/mol. The van der Waals surface area contributed by atoms with Crippen LogP contribution in [0.25, 0.3) is 11.0 Å². The molecule has 0 spiro atoms. The van der Waals surface area contributed by atoms with E-state index < -0.39 is 0 Å². The third kappa shape index (κ3) is 2.33. The van der Waals surface area contributed by atoms with Gasteiger partial charge in [-0.05, 0) is 29.4 Å². The van der Waals surface area contributed by atoms with Gasteiger partial charge in [0.2, 0.25) is 5.76 Å². The van der Waals surface area contributed by atoms with E-state index in [1.54, 1.807) is 0 Å². The van der Waals surface area contributed by atoms with Crippen molar-refractivity contribution in [3.63, 3.8) is 0 Å². The van der Waals surface area contributed by atoms with Crippen molar-refractivity contribution in [2.24, 2.45) is 0 Å². The highest BCUT2D eigenvalue weighted by Crippen LogP contribution is 2.40. The zero-order chi connectivity index (χ0) is 15.3. The lowest BCUT2D eigenvalue weighted by molar-refractivity contribution is 0.531. The number of nitrogens with zero attached hydrogens (tertiary/aromatic N) is 1. The first-order valence-electron chi connectivity index (χ1n) is 7.04. The summed E-state index contributed by atoms with van der Waals surface area (Å²) in [5, 5.41) is 10.5. The molecule has 2 aromatic rings. The minimum absolute atomic E-state index is 0.00992. The molecule has 0 amide bonds. The largest absolute Gasteiger partial charge is 0.445 e. The van der Waals surface area contributed by atoms with Gasteiger partial charge in [-0.3, -0.25) is 0 Å². The van der Waals surface area contributed by atoms with E-state index in [1.807, 2.05) is 0 Å². The Bertz CT molecular complexity index is 700. The van der Waals surface area contributed by atoms with Gasteiger partial charge in [-0.25, -0.2) is 0 Å². The number of hydrogen-bond acceptors (Lipinski definition) is 2. The van der Waals surface area contributed by atoms with Crippen LogP contribution in [-0.4, -0.2) is 0 Å². The van der Waals surface area contributed by atoms with E-state index >= 15 is 0 Å². The molecule has 2 heteroatoms. The molecule has 0 radical (unpaired) electrons. The molecule has 20 heavy (non-hydrogen) atoms. The number of fused-ring (bicyclic) bond motifs is 1. The van der Waals surface area contributed by atoms with Crippen LogP contribution >= 0.6 is 0 Å². The summed E-state index contributed by atoms with van der Waals surface area (Å²) < 4.78 is 5.93. The molecule has 0 N–H and O–H groups in total. The van der Waals surface area contributed by atoms with Crippen molar-refractivity contribution in [1.82, 2.24) is 0 Å². The fourth-order valence-electron chi connectivity index (χ4n) is 2.72. The van der Waals surface area contributed by atoms with Crippen LogP contribution in [0, 0.1) is 18.3 Å². The molecule has 0 aliphatic heterocycles. The average Bonchev–Trinajstić information content (AvgIpc) is 2.64. The maximum atomic E-state index is 9.40. The number of benzene rings is 1. The second-order valence-electron chi connectivity index (χ2n) is 7.61. The topological polar surface area (TPSA) is 36.9 Å². The van der Waals surface area contributed by atoms with Gasteiger partial charge in [-0.1, -0.05) is 47.6 Å². The molecule has 0 aliphatic carbocycles. The van der Waals surface area contributed by atoms with E-state index in [-0.39, 0.29) is 10.8 Å². The lowest BCUT2D eigenvalue weighted by Gasteiger charge is -2.21. The van der Waals surface area contributed by atoms with Gasteiger partial charge in [0, 0.05) is 16.5 Å². The highest BCUT2D eigenvalue weighted by molar-refractivity contribution is 5.88. The molecule has 106 valence electrons. The van der Waals surface area contributed by atoms with E-state index in [4.69, 9.17) is 4.42 Å². The zero-order valence-corrected chi connectivity index (χ0v) is 13.5. The Morgan fingerprint density at radius 2 is 1.60 bits per heavy atom. The molecule has 1 heterocycles. The Kier molecular flexibility index (Phi) is 3.21. The molecule has 1 aromatic carbocycles. The summed E-state index contributed by atoms with van der Waals surface area (Å²) in [6, 6.07) is 6.52. The number of rotatable bonds is 0. The quantitative estimate of drug-likeness (QED) is 0.658. The smallest absolute Gasteiger partial charge is 0.208 e. The van der Waals surface area contributed by atoms with Crippen LogP contribution in [0.5, 0.6) is 0 Å². The summed E-state index contributed by atoms with van der Waals surface area (Å²) in [5.41, 5.74) is 4.13.